The number of benzene rings is 2. The zero-order chi connectivity index (χ0) is 15.6. The van der Waals surface area contributed by atoms with Crippen molar-refractivity contribution in [3.8, 4) is 28.4 Å². The SMILES string of the molecule is COc1ccccc1-c1c(C)c(OC)c(C)c(C)c1OC. The molecule has 0 radical (unpaired) electrons. The standard InChI is InChI=1S/C18H22O3/c1-11-12(2)18(21-6)16(13(3)17(11)20-5)14-9-7-8-10-15(14)19-4/h7-10H,1-6H3. The van der Waals surface area contributed by atoms with Crippen LogP contribution in [0.4, 0.5) is 0 Å². The molecule has 2 aromatic rings. The van der Waals surface area contributed by atoms with Gasteiger partial charge in [-0.25, -0.2) is 0 Å². The van der Waals surface area contributed by atoms with Gasteiger partial charge in [-0.15, -0.1) is 0 Å². The molecule has 2 rings (SSSR count). The number of methoxy groups -OCH3 is 3. The van der Waals surface area contributed by atoms with Gasteiger partial charge in [0.25, 0.3) is 0 Å². The van der Waals surface area contributed by atoms with Gasteiger partial charge in [0.05, 0.1) is 21.3 Å². The van der Waals surface area contributed by atoms with E-state index in [9.17, 15) is 0 Å². The quantitative estimate of drug-likeness (QED) is 0.838. The van der Waals surface area contributed by atoms with E-state index >= 15 is 0 Å². The summed E-state index contributed by atoms with van der Waals surface area (Å²) in [6, 6.07) is 7.95. The maximum atomic E-state index is 5.68. The molecule has 0 aliphatic rings. The second-order valence-corrected chi connectivity index (χ2v) is 5.02. The second-order valence-electron chi connectivity index (χ2n) is 5.02. The molecule has 0 saturated carbocycles. The van der Waals surface area contributed by atoms with Gasteiger partial charge >= 0.3 is 0 Å². The predicted octanol–water partition coefficient (Wildman–Crippen LogP) is 4.30. The van der Waals surface area contributed by atoms with Crippen molar-refractivity contribution >= 4 is 0 Å². The summed E-state index contributed by atoms with van der Waals surface area (Å²) < 4.78 is 16.8. The van der Waals surface area contributed by atoms with E-state index in [4.69, 9.17) is 14.2 Å². The van der Waals surface area contributed by atoms with Crippen LogP contribution in [-0.2, 0) is 0 Å². The van der Waals surface area contributed by atoms with Crippen LogP contribution in [0.25, 0.3) is 11.1 Å². The second kappa shape index (κ2) is 6.08. The van der Waals surface area contributed by atoms with Crippen LogP contribution in [0.5, 0.6) is 17.2 Å². The zero-order valence-electron chi connectivity index (χ0n) is 13.5. The maximum absolute atomic E-state index is 5.68. The molecule has 0 aliphatic carbocycles. The first-order valence-electron chi connectivity index (χ1n) is 6.91. The molecule has 21 heavy (non-hydrogen) atoms. The summed E-state index contributed by atoms with van der Waals surface area (Å²) in [5.74, 6) is 2.59. The fourth-order valence-corrected chi connectivity index (χ4v) is 2.83. The number of para-hydroxylation sites is 1. The summed E-state index contributed by atoms with van der Waals surface area (Å²) in [6.07, 6.45) is 0. The highest BCUT2D eigenvalue weighted by atomic mass is 16.5. The number of hydrogen-bond acceptors (Lipinski definition) is 3. The van der Waals surface area contributed by atoms with Crippen molar-refractivity contribution < 1.29 is 14.2 Å². The van der Waals surface area contributed by atoms with E-state index in [2.05, 4.69) is 20.8 Å². The van der Waals surface area contributed by atoms with Crippen LogP contribution in [0.1, 0.15) is 16.7 Å². The summed E-state index contributed by atoms with van der Waals surface area (Å²) in [5.41, 5.74) is 5.28. The first kappa shape index (κ1) is 15.2. The fraction of sp³-hybridized carbons (Fsp3) is 0.333. The molecule has 0 unspecified atom stereocenters. The van der Waals surface area contributed by atoms with Crippen molar-refractivity contribution in [2.75, 3.05) is 21.3 Å². The van der Waals surface area contributed by atoms with Gasteiger partial charge in [0, 0.05) is 16.7 Å². The molecule has 0 aliphatic heterocycles. The number of ether oxygens (including phenoxy) is 3. The Hall–Kier alpha value is -2.16. The molecule has 0 saturated heterocycles. The minimum absolute atomic E-state index is 0.823. The highest BCUT2D eigenvalue weighted by molar-refractivity contribution is 5.83. The van der Waals surface area contributed by atoms with Gasteiger partial charge in [-0.3, -0.25) is 0 Å². The normalized spacial score (nSPS) is 10.4. The topological polar surface area (TPSA) is 27.7 Å². The average Bonchev–Trinajstić information content (AvgIpc) is 2.51. The van der Waals surface area contributed by atoms with Crippen LogP contribution in [0, 0.1) is 20.8 Å². The summed E-state index contributed by atoms with van der Waals surface area (Å²) in [6.45, 7) is 6.15. The third-order valence-electron chi connectivity index (χ3n) is 3.97. The van der Waals surface area contributed by atoms with Crippen LogP contribution < -0.4 is 14.2 Å². The lowest BCUT2D eigenvalue weighted by atomic mass is 9.92. The molecule has 112 valence electrons. The van der Waals surface area contributed by atoms with E-state index in [0.717, 1.165) is 45.1 Å². The lowest BCUT2D eigenvalue weighted by molar-refractivity contribution is 0.395. The molecule has 0 spiro atoms. The average molecular weight is 286 g/mol. The van der Waals surface area contributed by atoms with Crippen molar-refractivity contribution in [3.63, 3.8) is 0 Å². The molecule has 0 fully saturated rings. The Morgan fingerprint density at radius 3 is 1.81 bits per heavy atom. The Labute approximate surface area is 126 Å². The third kappa shape index (κ3) is 2.44. The molecular formula is C18H22O3. The van der Waals surface area contributed by atoms with Crippen molar-refractivity contribution in [1.82, 2.24) is 0 Å². The minimum Gasteiger partial charge on any atom is -0.496 e. The van der Waals surface area contributed by atoms with E-state index in [-0.39, 0.29) is 0 Å². The smallest absolute Gasteiger partial charge is 0.130 e. The van der Waals surface area contributed by atoms with E-state index in [1.807, 2.05) is 24.3 Å². The highest BCUT2D eigenvalue weighted by Gasteiger charge is 2.21. The third-order valence-corrected chi connectivity index (χ3v) is 3.97. The van der Waals surface area contributed by atoms with Gasteiger partial charge < -0.3 is 14.2 Å². The first-order chi connectivity index (χ1) is 10.1. The summed E-state index contributed by atoms with van der Waals surface area (Å²) >= 11 is 0. The van der Waals surface area contributed by atoms with Gasteiger partial charge in [0.2, 0.25) is 0 Å². The number of hydrogen-bond donors (Lipinski definition) is 0. The van der Waals surface area contributed by atoms with E-state index in [1.165, 1.54) is 0 Å². The van der Waals surface area contributed by atoms with Crippen LogP contribution >= 0.6 is 0 Å². The van der Waals surface area contributed by atoms with Gasteiger partial charge in [0.15, 0.2) is 0 Å². The van der Waals surface area contributed by atoms with E-state index in [1.54, 1.807) is 21.3 Å². The molecule has 0 N–H and O–H groups in total. The van der Waals surface area contributed by atoms with Crippen LogP contribution in [0.3, 0.4) is 0 Å². The Bertz CT molecular complexity index is 660. The maximum Gasteiger partial charge on any atom is 0.130 e. The van der Waals surface area contributed by atoms with Crippen LogP contribution in [-0.4, -0.2) is 21.3 Å². The number of rotatable bonds is 4. The highest BCUT2D eigenvalue weighted by Crippen LogP contribution is 2.45. The molecule has 3 nitrogen and oxygen atoms in total. The van der Waals surface area contributed by atoms with Gasteiger partial charge in [0.1, 0.15) is 17.2 Å². The summed E-state index contributed by atoms with van der Waals surface area (Å²) in [7, 11) is 5.08. The molecule has 2 aromatic carbocycles. The van der Waals surface area contributed by atoms with E-state index < -0.39 is 0 Å². The largest absolute Gasteiger partial charge is 0.496 e. The molecule has 0 bridgehead atoms. The molecule has 0 aromatic heterocycles. The molecule has 0 heterocycles. The van der Waals surface area contributed by atoms with Gasteiger partial charge in [-0.2, -0.15) is 0 Å². The summed E-state index contributed by atoms with van der Waals surface area (Å²) in [4.78, 5) is 0. The Morgan fingerprint density at radius 2 is 1.24 bits per heavy atom. The zero-order valence-corrected chi connectivity index (χ0v) is 13.5. The fourth-order valence-electron chi connectivity index (χ4n) is 2.83. The van der Waals surface area contributed by atoms with Crippen molar-refractivity contribution in [2.45, 2.75) is 20.8 Å². The molecule has 0 amide bonds. The van der Waals surface area contributed by atoms with Gasteiger partial charge in [-0.05, 0) is 38.0 Å². The Kier molecular flexibility index (Phi) is 4.41. The monoisotopic (exact) mass is 286 g/mol. The van der Waals surface area contributed by atoms with E-state index in [0.29, 0.717) is 0 Å². The van der Waals surface area contributed by atoms with Crippen LogP contribution in [0.2, 0.25) is 0 Å². The van der Waals surface area contributed by atoms with Crippen molar-refractivity contribution in [3.05, 3.63) is 41.0 Å². The first-order valence-corrected chi connectivity index (χ1v) is 6.91. The van der Waals surface area contributed by atoms with Crippen molar-refractivity contribution in [2.24, 2.45) is 0 Å². The predicted molar refractivity (Wildman–Crippen MR) is 85.7 cm³/mol. The minimum atomic E-state index is 0.823. The van der Waals surface area contributed by atoms with Crippen LogP contribution in [0.15, 0.2) is 24.3 Å². The van der Waals surface area contributed by atoms with Crippen molar-refractivity contribution in [1.29, 1.82) is 0 Å². The summed E-state index contributed by atoms with van der Waals surface area (Å²) in [5, 5.41) is 0. The lowest BCUT2D eigenvalue weighted by Crippen LogP contribution is -2.02. The van der Waals surface area contributed by atoms with Gasteiger partial charge in [-0.1, -0.05) is 18.2 Å². The Balaban J connectivity index is 2.88. The molecule has 3 heteroatoms. The lowest BCUT2D eigenvalue weighted by Gasteiger charge is -2.21. The molecule has 0 atom stereocenters. The molecular weight excluding hydrogens is 264 g/mol. The Morgan fingerprint density at radius 1 is 0.667 bits per heavy atom.